The van der Waals surface area contributed by atoms with Crippen LogP contribution in [0.25, 0.3) is 88.3 Å². The Morgan fingerprint density at radius 2 is 0.872 bits per heavy atom. The van der Waals surface area contributed by atoms with Crippen LogP contribution in [0.15, 0.2) is 186 Å². The highest BCUT2D eigenvalue weighted by Crippen LogP contribution is 2.50. The Hall–Kier alpha value is -6.18. The van der Waals surface area contributed by atoms with Crippen molar-refractivity contribution in [2.24, 2.45) is 0 Å². The third-order valence-corrected chi connectivity index (χ3v) is 8.40. The Bertz CT molecular complexity index is 3180. The van der Waals surface area contributed by atoms with E-state index in [9.17, 15) is 5.48 Å². The van der Waals surface area contributed by atoms with E-state index in [-0.39, 0.29) is 60.7 Å². The molecular weight excluding hydrogens is 569 g/mol. The second-order valence-electron chi connectivity index (χ2n) is 11.1. The molecule has 0 saturated heterocycles. The average molecular weight is 612 g/mol. The van der Waals surface area contributed by atoms with E-state index in [1.807, 2.05) is 48.5 Å². The van der Waals surface area contributed by atoms with Gasteiger partial charge in [0.2, 0.25) is 0 Å². The van der Waals surface area contributed by atoms with Gasteiger partial charge in [0.1, 0.15) is 11.3 Å². The molecule has 1 heteroatoms. The van der Waals surface area contributed by atoms with Gasteiger partial charge in [-0.2, -0.15) is 0 Å². The highest BCUT2D eigenvalue weighted by Gasteiger charge is 2.24. The van der Waals surface area contributed by atoms with Crippen LogP contribution in [-0.4, -0.2) is 0 Å². The van der Waals surface area contributed by atoms with Crippen molar-refractivity contribution in [3.63, 3.8) is 0 Å². The number of hydrogen-bond acceptors (Lipinski definition) is 1. The predicted molar refractivity (Wildman–Crippen MR) is 198 cm³/mol. The van der Waals surface area contributed by atoms with Gasteiger partial charge in [-0.15, -0.1) is 0 Å². The van der Waals surface area contributed by atoms with E-state index in [1.54, 1.807) is 54.6 Å². The SMILES string of the molecule is [2H]c1c([2H])c([2H])c(-c2ccc3oc(-c4cccc(-c5ccccc5)c4)c(-c4c5c([2H])c([2H])c([2H])c([2H])c5c(-c5ccccc5)c5c([2H])c([2H])c([2H])c([2H])c45)c3c2)c([2H])c1[2H]. The number of fused-ring (bicyclic) bond motifs is 3. The lowest BCUT2D eigenvalue weighted by Gasteiger charge is -2.18. The number of hydrogen-bond donors (Lipinski definition) is 0. The summed E-state index contributed by atoms with van der Waals surface area (Å²) in [4.78, 5) is 0. The van der Waals surface area contributed by atoms with Gasteiger partial charge >= 0.3 is 0 Å². The lowest BCUT2D eigenvalue weighted by atomic mass is 9.84. The van der Waals surface area contributed by atoms with Gasteiger partial charge in [-0.1, -0.05) is 163 Å². The summed E-state index contributed by atoms with van der Waals surface area (Å²) < 4.78 is 123. The van der Waals surface area contributed by atoms with Gasteiger partial charge in [-0.25, -0.2) is 0 Å². The summed E-state index contributed by atoms with van der Waals surface area (Å²) in [6, 6.07) is 24.1. The van der Waals surface area contributed by atoms with E-state index < -0.39 is 78.6 Å². The van der Waals surface area contributed by atoms with E-state index in [4.69, 9.17) is 16.8 Å². The maximum atomic E-state index is 9.53. The Labute approximate surface area is 292 Å². The fraction of sp³-hybridized carbons (Fsp3) is 0. The van der Waals surface area contributed by atoms with E-state index in [2.05, 4.69) is 0 Å². The zero-order valence-corrected chi connectivity index (χ0v) is 24.7. The zero-order valence-electron chi connectivity index (χ0n) is 37.7. The monoisotopic (exact) mass is 611 g/mol. The molecule has 9 rings (SSSR count). The molecule has 0 fully saturated rings. The van der Waals surface area contributed by atoms with Gasteiger partial charge in [0, 0.05) is 22.1 Å². The minimum Gasteiger partial charge on any atom is -0.455 e. The fourth-order valence-electron chi connectivity index (χ4n) is 6.34. The van der Waals surface area contributed by atoms with E-state index in [0.717, 1.165) is 11.1 Å². The van der Waals surface area contributed by atoms with E-state index in [1.165, 1.54) is 0 Å². The van der Waals surface area contributed by atoms with Crippen molar-refractivity contribution in [3.05, 3.63) is 182 Å². The minimum atomic E-state index is -0.562. The molecule has 1 heterocycles. The molecule has 47 heavy (non-hydrogen) atoms. The first-order valence-electron chi connectivity index (χ1n) is 21.5. The van der Waals surface area contributed by atoms with Gasteiger partial charge in [0.15, 0.2) is 0 Å². The van der Waals surface area contributed by atoms with E-state index >= 15 is 0 Å². The molecule has 0 amide bonds. The molecule has 1 aromatic heterocycles. The highest BCUT2D eigenvalue weighted by atomic mass is 16.3. The van der Waals surface area contributed by atoms with Crippen molar-refractivity contribution in [2.75, 3.05) is 0 Å². The van der Waals surface area contributed by atoms with Gasteiger partial charge in [-0.05, 0) is 73.1 Å². The molecule has 0 N–H and O–H groups in total. The van der Waals surface area contributed by atoms with Gasteiger partial charge < -0.3 is 4.42 Å². The smallest absolute Gasteiger partial charge is 0.143 e. The predicted octanol–water partition coefficient (Wildman–Crippen LogP) is 13.1. The normalized spacial score (nSPS) is 15.3. The second kappa shape index (κ2) is 11.3. The molecule has 8 aromatic carbocycles. The van der Waals surface area contributed by atoms with Crippen LogP contribution in [0.4, 0.5) is 0 Å². The summed E-state index contributed by atoms with van der Waals surface area (Å²) in [6.07, 6.45) is 0. The molecule has 0 atom stereocenters. The Balaban J connectivity index is 1.56. The molecule has 0 saturated carbocycles. The topological polar surface area (TPSA) is 13.1 Å². The van der Waals surface area contributed by atoms with Crippen LogP contribution in [0.1, 0.15) is 17.8 Å². The minimum absolute atomic E-state index is 0.0197. The molecule has 0 radical (unpaired) electrons. The molecule has 220 valence electrons. The summed E-state index contributed by atoms with van der Waals surface area (Å²) in [5.74, 6) is 0.205. The van der Waals surface area contributed by atoms with Crippen LogP contribution in [-0.2, 0) is 0 Å². The maximum absolute atomic E-state index is 9.53. The maximum Gasteiger partial charge on any atom is 0.143 e. The lowest BCUT2D eigenvalue weighted by Crippen LogP contribution is -1.91. The van der Waals surface area contributed by atoms with Crippen molar-refractivity contribution in [1.82, 2.24) is 0 Å². The third kappa shape index (κ3) is 4.64. The van der Waals surface area contributed by atoms with Gasteiger partial charge in [-0.3, -0.25) is 0 Å². The highest BCUT2D eigenvalue weighted by molar-refractivity contribution is 6.25. The molecule has 0 aliphatic carbocycles. The Kier molecular flexibility index (Phi) is 4.08. The molecule has 1 nitrogen and oxygen atoms in total. The average Bonchev–Trinajstić information content (AvgIpc) is 3.65. The second-order valence-corrected chi connectivity index (χ2v) is 11.1. The molecule has 0 spiro atoms. The molecule has 0 aliphatic heterocycles. The van der Waals surface area contributed by atoms with Crippen LogP contribution < -0.4 is 0 Å². The van der Waals surface area contributed by atoms with Crippen LogP contribution >= 0.6 is 0 Å². The van der Waals surface area contributed by atoms with Crippen molar-refractivity contribution >= 4 is 32.5 Å². The summed E-state index contributed by atoms with van der Waals surface area (Å²) in [5, 5.41) is 0.316. The van der Waals surface area contributed by atoms with Crippen LogP contribution in [0.2, 0.25) is 0 Å². The van der Waals surface area contributed by atoms with Crippen molar-refractivity contribution in [1.29, 1.82) is 0 Å². The van der Waals surface area contributed by atoms with Gasteiger partial charge in [0.25, 0.3) is 0 Å². The lowest BCUT2D eigenvalue weighted by molar-refractivity contribution is 0.632. The Morgan fingerprint density at radius 3 is 1.53 bits per heavy atom. The standard InChI is InChI=1S/C46H30O/c1-4-15-31(16-5-1)34-21-14-22-36(29-34)46-45(41-30-35(27-28-42(41)47-46)32-17-6-2-7-18-32)44-39-25-12-10-23-37(39)43(33-19-8-3-9-20-33)38-24-11-13-26-40(38)44/h1-30H/i2D,6D,7D,10D,11D,12D,13D,17D,18D,23D,24D,25D,26D. The third-order valence-electron chi connectivity index (χ3n) is 8.40. The molecule has 9 aromatic rings. The summed E-state index contributed by atoms with van der Waals surface area (Å²) in [7, 11) is 0. The first-order chi connectivity index (χ1) is 28.7. The molecular formula is C46H30O. The quantitative estimate of drug-likeness (QED) is 0.176. The molecule has 0 unspecified atom stereocenters. The van der Waals surface area contributed by atoms with Crippen LogP contribution in [0.5, 0.6) is 0 Å². The fourth-order valence-corrected chi connectivity index (χ4v) is 6.34. The number of benzene rings is 8. The summed E-state index contributed by atoms with van der Waals surface area (Å²) >= 11 is 0. The first kappa shape index (κ1) is 16.9. The van der Waals surface area contributed by atoms with Gasteiger partial charge in [0.05, 0.1) is 17.8 Å². The largest absolute Gasteiger partial charge is 0.455 e. The molecule has 0 aliphatic rings. The van der Waals surface area contributed by atoms with E-state index in [0.29, 0.717) is 16.5 Å². The number of rotatable bonds is 5. The Morgan fingerprint density at radius 1 is 0.340 bits per heavy atom. The zero-order chi connectivity index (χ0) is 42.5. The summed E-state index contributed by atoms with van der Waals surface area (Å²) in [5.41, 5.74) is 3.58. The molecule has 0 bridgehead atoms. The van der Waals surface area contributed by atoms with Crippen molar-refractivity contribution < 1.29 is 22.2 Å². The van der Waals surface area contributed by atoms with Crippen molar-refractivity contribution in [2.45, 2.75) is 0 Å². The number of furan rings is 1. The van der Waals surface area contributed by atoms with Crippen LogP contribution in [0.3, 0.4) is 0 Å². The van der Waals surface area contributed by atoms with Crippen molar-refractivity contribution in [3.8, 4) is 55.8 Å². The summed E-state index contributed by atoms with van der Waals surface area (Å²) in [6.45, 7) is 0. The van der Waals surface area contributed by atoms with Crippen LogP contribution in [0, 0.1) is 0 Å². The first-order valence-corrected chi connectivity index (χ1v) is 15.0.